The molecule has 0 N–H and O–H groups in total. The van der Waals surface area contributed by atoms with Gasteiger partial charge in [0.1, 0.15) is 4.83 Å². The molecule has 2 aromatic heterocycles. The number of hydrogen-bond acceptors (Lipinski definition) is 3. The average molecular weight is 248 g/mol. The van der Waals surface area contributed by atoms with E-state index in [2.05, 4.69) is 11.9 Å². The Labute approximate surface area is 104 Å². The lowest BCUT2D eigenvalue weighted by atomic mass is 9.89. The predicted molar refractivity (Wildman–Crippen MR) is 70.7 cm³/mol. The molecule has 1 aliphatic rings. The molecular formula is C13H16N2OS. The van der Waals surface area contributed by atoms with E-state index in [1.807, 2.05) is 6.92 Å². The zero-order chi connectivity index (χ0) is 12.0. The third-order valence-electron chi connectivity index (χ3n) is 3.62. The molecule has 0 saturated carbocycles. The first-order valence-corrected chi connectivity index (χ1v) is 7.02. The minimum atomic E-state index is 0.143. The second-order valence-electron chi connectivity index (χ2n) is 4.87. The van der Waals surface area contributed by atoms with Crippen molar-refractivity contribution in [3.05, 3.63) is 27.1 Å². The topological polar surface area (TPSA) is 34.9 Å². The molecule has 1 aliphatic carbocycles. The van der Waals surface area contributed by atoms with Crippen LogP contribution < -0.4 is 5.56 Å². The summed E-state index contributed by atoms with van der Waals surface area (Å²) < 4.78 is 1.70. The smallest absolute Gasteiger partial charge is 0.262 e. The van der Waals surface area contributed by atoms with Crippen LogP contribution in [-0.2, 0) is 19.4 Å². The van der Waals surface area contributed by atoms with Crippen molar-refractivity contribution >= 4 is 21.6 Å². The highest BCUT2D eigenvalue weighted by molar-refractivity contribution is 7.18. The Balaban J connectivity index is 2.30. The second kappa shape index (κ2) is 3.95. The van der Waals surface area contributed by atoms with E-state index in [0.29, 0.717) is 6.54 Å². The van der Waals surface area contributed by atoms with Crippen molar-refractivity contribution in [2.45, 2.75) is 39.7 Å². The summed E-state index contributed by atoms with van der Waals surface area (Å²) >= 11 is 1.71. The zero-order valence-electron chi connectivity index (χ0n) is 10.2. The van der Waals surface area contributed by atoms with E-state index in [1.165, 1.54) is 16.9 Å². The second-order valence-corrected chi connectivity index (χ2v) is 5.95. The maximum Gasteiger partial charge on any atom is 0.262 e. The SMILES string of the molecule is CCn1cnc2sc3c(c2c1=O)CCC(C)C3. The Hall–Kier alpha value is -1.16. The van der Waals surface area contributed by atoms with Crippen molar-refractivity contribution in [1.82, 2.24) is 9.55 Å². The van der Waals surface area contributed by atoms with E-state index < -0.39 is 0 Å². The summed E-state index contributed by atoms with van der Waals surface area (Å²) in [7, 11) is 0. The Kier molecular flexibility index (Phi) is 2.54. The third-order valence-corrected chi connectivity index (χ3v) is 4.79. The van der Waals surface area contributed by atoms with Crippen molar-refractivity contribution in [3.63, 3.8) is 0 Å². The van der Waals surface area contributed by atoms with Crippen LogP contribution in [-0.4, -0.2) is 9.55 Å². The zero-order valence-corrected chi connectivity index (χ0v) is 11.0. The summed E-state index contributed by atoms with van der Waals surface area (Å²) in [5.74, 6) is 0.740. The summed E-state index contributed by atoms with van der Waals surface area (Å²) in [6.45, 7) is 4.96. The van der Waals surface area contributed by atoms with Gasteiger partial charge in [-0.15, -0.1) is 11.3 Å². The molecule has 0 amide bonds. The molecule has 0 aromatic carbocycles. The summed E-state index contributed by atoms with van der Waals surface area (Å²) in [6, 6.07) is 0. The molecule has 17 heavy (non-hydrogen) atoms. The number of nitrogens with zero attached hydrogens (tertiary/aromatic N) is 2. The van der Waals surface area contributed by atoms with Gasteiger partial charge in [-0.3, -0.25) is 9.36 Å². The molecule has 0 fully saturated rings. The molecule has 0 radical (unpaired) electrons. The van der Waals surface area contributed by atoms with E-state index in [0.717, 1.165) is 29.0 Å². The third kappa shape index (κ3) is 1.62. The van der Waals surface area contributed by atoms with Crippen LogP contribution in [0.2, 0.25) is 0 Å². The molecule has 1 unspecified atom stereocenters. The normalized spacial score (nSPS) is 19.5. The Bertz CT molecular complexity index is 626. The first kappa shape index (κ1) is 11.0. The van der Waals surface area contributed by atoms with Crippen molar-refractivity contribution in [2.24, 2.45) is 5.92 Å². The minimum Gasteiger partial charge on any atom is -0.299 e. The molecule has 2 aromatic rings. The monoisotopic (exact) mass is 248 g/mol. The van der Waals surface area contributed by atoms with Crippen LogP contribution in [0.1, 0.15) is 30.7 Å². The Morgan fingerprint density at radius 2 is 2.41 bits per heavy atom. The lowest BCUT2D eigenvalue weighted by Gasteiger charge is -2.17. The van der Waals surface area contributed by atoms with E-state index in [-0.39, 0.29) is 5.56 Å². The van der Waals surface area contributed by atoms with Crippen LogP contribution in [0.25, 0.3) is 10.2 Å². The summed E-state index contributed by atoms with van der Waals surface area (Å²) in [6.07, 6.45) is 5.03. The molecule has 0 saturated heterocycles. The highest BCUT2D eigenvalue weighted by Crippen LogP contribution is 2.35. The van der Waals surface area contributed by atoms with Crippen LogP contribution in [0.3, 0.4) is 0 Å². The lowest BCUT2D eigenvalue weighted by Crippen LogP contribution is -2.20. The molecule has 0 spiro atoms. The fourth-order valence-electron chi connectivity index (χ4n) is 2.59. The van der Waals surface area contributed by atoms with Crippen LogP contribution in [0.4, 0.5) is 0 Å². The summed E-state index contributed by atoms with van der Waals surface area (Å²) in [5, 5.41) is 0.890. The number of rotatable bonds is 1. The molecule has 1 atom stereocenters. The van der Waals surface area contributed by atoms with Crippen molar-refractivity contribution in [1.29, 1.82) is 0 Å². The van der Waals surface area contributed by atoms with Gasteiger partial charge in [0.15, 0.2) is 0 Å². The fraction of sp³-hybridized carbons (Fsp3) is 0.538. The van der Waals surface area contributed by atoms with Gasteiger partial charge < -0.3 is 0 Å². The lowest BCUT2D eigenvalue weighted by molar-refractivity contribution is 0.509. The van der Waals surface area contributed by atoms with Crippen LogP contribution in [0.5, 0.6) is 0 Å². The highest BCUT2D eigenvalue weighted by Gasteiger charge is 2.22. The molecular weight excluding hydrogens is 232 g/mol. The number of hydrogen-bond donors (Lipinski definition) is 0. The summed E-state index contributed by atoms with van der Waals surface area (Å²) in [4.78, 5) is 19.0. The number of thiophene rings is 1. The average Bonchev–Trinajstić information content (AvgIpc) is 2.67. The molecule has 3 rings (SSSR count). The quantitative estimate of drug-likeness (QED) is 0.777. The van der Waals surface area contributed by atoms with Gasteiger partial charge in [0.2, 0.25) is 0 Å². The van der Waals surface area contributed by atoms with E-state index in [9.17, 15) is 4.79 Å². The van der Waals surface area contributed by atoms with E-state index in [1.54, 1.807) is 22.2 Å². The van der Waals surface area contributed by atoms with Gasteiger partial charge in [0.25, 0.3) is 5.56 Å². The van der Waals surface area contributed by atoms with Crippen LogP contribution >= 0.6 is 11.3 Å². The first-order valence-electron chi connectivity index (χ1n) is 6.20. The molecule has 90 valence electrons. The highest BCUT2D eigenvalue weighted by atomic mass is 32.1. The Morgan fingerprint density at radius 1 is 1.59 bits per heavy atom. The van der Waals surface area contributed by atoms with Gasteiger partial charge in [-0.2, -0.15) is 0 Å². The van der Waals surface area contributed by atoms with E-state index >= 15 is 0 Å². The van der Waals surface area contributed by atoms with Crippen molar-refractivity contribution < 1.29 is 0 Å². The molecule has 3 nitrogen and oxygen atoms in total. The Morgan fingerprint density at radius 3 is 3.18 bits per heavy atom. The van der Waals surface area contributed by atoms with Crippen molar-refractivity contribution in [2.75, 3.05) is 0 Å². The van der Waals surface area contributed by atoms with Crippen LogP contribution in [0, 0.1) is 5.92 Å². The van der Waals surface area contributed by atoms with E-state index in [4.69, 9.17) is 0 Å². The number of fused-ring (bicyclic) bond motifs is 3. The van der Waals surface area contributed by atoms with Gasteiger partial charge in [-0.1, -0.05) is 6.92 Å². The van der Waals surface area contributed by atoms with Gasteiger partial charge >= 0.3 is 0 Å². The molecule has 4 heteroatoms. The standard InChI is InChI=1S/C13H16N2OS/c1-3-15-7-14-12-11(13(15)16)9-5-4-8(2)6-10(9)17-12/h7-8H,3-6H2,1-2H3. The first-order chi connectivity index (χ1) is 8.20. The van der Waals surface area contributed by atoms with Gasteiger partial charge in [-0.25, -0.2) is 4.98 Å². The predicted octanol–water partition coefficient (Wildman–Crippen LogP) is 2.60. The number of aryl methyl sites for hydroxylation is 2. The van der Waals surface area contributed by atoms with Crippen molar-refractivity contribution in [3.8, 4) is 0 Å². The van der Waals surface area contributed by atoms with Gasteiger partial charge in [0, 0.05) is 11.4 Å². The largest absolute Gasteiger partial charge is 0.299 e. The molecule has 0 aliphatic heterocycles. The van der Waals surface area contributed by atoms with Gasteiger partial charge in [-0.05, 0) is 37.7 Å². The number of aromatic nitrogens is 2. The van der Waals surface area contributed by atoms with Gasteiger partial charge in [0.05, 0.1) is 11.7 Å². The minimum absolute atomic E-state index is 0.143. The fourth-order valence-corrected chi connectivity index (χ4v) is 3.93. The maximum absolute atomic E-state index is 12.3. The maximum atomic E-state index is 12.3. The molecule has 2 heterocycles. The molecule has 0 bridgehead atoms. The van der Waals surface area contributed by atoms with Crippen LogP contribution in [0.15, 0.2) is 11.1 Å². The summed E-state index contributed by atoms with van der Waals surface area (Å²) in [5.41, 5.74) is 1.42.